The minimum atomic E-state index is -4.64. The summed E-state index contributed by atoms with van der Waals surface area (Å²) in [7, 11) is 0. The van der Waals surface area contributed by atoms with Crippen molar-refractivity contribution in [3.63, 3.8) is 0 Å². The standard InChI is InChI=1S/C12H12BrF3N2O3/c1-2-18(6-10(19)20)11(21)17-9-4-3-7(13)5-8(9)12(14,15)16/h3-5H,2,6H2,1H3,(H,17,21)(H,19,20). The Hall–Kier alpha value is -1.77. The van der Waals surface area contributed by atoms with E-state index in [-0.39, 0.29) is 11.0 Å². The molecule has 0 aliphatic heterocycles. The first-order chi connectivity index (χ1) is 9.65. The van der Waals surface area contributed by atoms with Crippen molar-refractivity contribution in [2.24, 2.45) is 0 Å². The molecule has 0 bridgehead atoms. The smallest absolute Gasteiger partial charge is 0.418 e. The van der Waals surface area contributed by atoms with Crippen LogP contribution in [0.15, 0.2) is 22.7 Å². The van der Waals surface area contributed by atoms with E-state index in [9.17, 15) is 22.8 Å². The number of rotatable bonds is 4. The van der Waals surface area contributed by atoms with E-state index in [1.807, 2.05) is 0 Å². The minimum Gasteiger partial charge on any atom is -0.480 e. The van der Waals surface area contributed by atoms with Gasteiger partial charge >= 0.3 is 18.2 Å². The number of urea groups is 1. The summed E-state index contributed by atoms with van der Waals surface area (Å²) in [5, 5.41) is 10.7. The maximum absolute atomic E-state index is 12.9. The zero-order valence-corrected chi connectivity index (χ0v) is 12.5. The lowest BCUT2D eigenvalue weighted by Crippen LogP contribution is -2.38. The number of carbonyl (C=O) groups is 2. The molecule has 0 saturated carbocycles. The van der Waals surface area contributed by atoms with E-state index in [1.165, 1.54) is 13.0 Å². The second-order valence-corrected chi connectivity index (χ2v) is 4.94. The van der Waals surface area contributed by atoms with Crippen molar-refractivity contribution < 1.29 is 27.9 Å². The van der Waals surface area contributed by atoms with Gasteiger partial charge in [0.2, 0.25) is 0 Å². The lowest BCUT2D eigenvalue weighted by molar-refractivity contribution is -0.138. The van der Waals surface area contributed by atoms with Gasteiger partial charge in [-0.05, 0) is 25.1 Å². The SMILES string of the molecule is CCN(CC(=O)O)C(=O)Nc1ccc(Br)cc1C(F)(F)F. The maximum atomic E-state index is 12.9. The van der Waals surface area contributed by atoms with Crippen LogP contribution in [0.5, 0.6) is 0 Å². The Labute approximate surface area is 126 Å². The molecule has 0 fully saturated rings. The molecule has 1 aromatic rings. The fourth-order valence-electron chi connectivity index (χ4n) is 1.54. The molecule has 21 heavy (non-hydrogen) atoms. The van der Waals surface area contributed by atoms with Crippen LogP contribution in [-0.2, 0) is 11.0 Å². The largest absolute Gasteiger partial charge is 0.480 e. The predicted octanol–water partition coefficient (Wildman–Crippen LogP) is 3.41. The number of likely N-dealkylation sites (N-methyl/N-ethyl adjacent to an activating group) is 1. The highest BCUT2D eigenvalue weighted by Crippen LogP contribution is 2.36. The third-order valence-corrected chi connectivity index (χ3v) is 3.02. The number of carboxylic acid groups (broad SMARTS) is 1. The number of nitrogens with zero attached hydrogens (tertiary/aromatic N) is 1. The lowest BCUT2D eigenvalue weighted by atomic mass is 10.1. The molecule has 1 aromatic carbocycles. The fourth-order valence-corrected chi connectivity index (χ4v) is 1.91. The summed E-state index contributed by atoms with van der Waals surface area (Å²) >= 11 is 2.93. The van der Waals surface area contributed by atoms with Gasteiger partial charge in [-0.2, -0.15) is 13.2 Å². The van der Waals surface area contributed by atoms with E-state index in [4.69, 9.17) is 5.11 Å². The number of hydrogen-bond acceptors (Lipinski definition) is 2. The molecular formula is C12H12BrF3N2O3. The first-order valence-corrected chi connectivity index (χ1v) is 6.59. The van der Waals surface area contributed by atoms with E-state index in [2.05, 4.69) is 21.2 Å². The van der Waals surface area contributed by atoms with Gasteiger partial charge in [0, 0.05) is 11.0 Å². The van der Waals surface area contributed by atoms with Crippen molar-refractivity contribution in [3.8, 4) is 0 Å². The van der Waals surface area contributed by atoms with Crippen molar-refractivity contribution >= 4 is 33.6 Å². The number of hydrogen-bond donors (Lipinski definition) is 2. The molecule has 2 amide bonds. The molecule has 0 atom stereocenters. The minimum absolute atomic E-state index is 0.0516. The maximum Gasteiger partial charge on any atom is 0.418 e. The quantitative estimate of drug-likeness (QED) is 0.855. The molecule has 0 radical (unpaired) electrons. The van der Waals surface area contributed by atoms with Crippen molar-refractivity contribution in [3.05, 3.63) is 28.2 Å². The average Bonchev–Trinajstić information content (AvgIpc) is 2.36. The van der Waals surface area contributed by atoms with Crippen LogP contribution >= 0.6 is 15.9 Å². The first kappa shape index (κ1) is 17.3. The number of nitrogens with one attached hydrogen (secondary N) is 1. The Morgan fingerprint density at radius 3 is 2.48 bits per heavy atom. The Kier molecular flexibility index (Phi) is 5.59. The highest BCUT2D eigenvalue weighted by atomic mass is 79.9. The number of benzene rings is 1. The summed E-state index contributed by atoms with van der Waals surface area (Å²) in [6, 6.07) is 2.37. The number of anilines is 1. The van der Waals surface area contributed by atoms with Crippen LogP contribution in [0.4, 0.5) is 23.7 Å². The zero-order valence-electron chi connectivity index (χ0n) is 10.9. The summed E-state index contributed by atoms with van der Waals surface area (Å²) in [6.07, 6.45) is -4.64. The van der Waals surface area contributed by atoms with Crippen LogP contribution in [0.25, 0.3) is 0 Å². The predicted molar refractivity (Wildman–Crippen MR) is 73.0 cm³/mol. The fraction of sp³-hybridized carbons (Fsp3) is 0.333. The lowest BCUT2D eigenvalue weighted by Gasteiger charge is -2.21. The third kappa shape index (κ3) is 4.92. The topological polar surface area (TPSA) is 69.6 Å². The molecule has 0 aliphatic rings. The molecule has 5 nitrogen and oxygen atoms in total. The van der Waals surface area contributed by atoms with E-state index in [1.54, 1.807) is 0 Å². The van der Waals surface area contributed by atoms with Crippen molar-refractivity contribution in [1.82, 2.24) is 4.90 Å². The number of carbonyl (C=O) groups excluding carboxylic acids is 1. The molecule has 1 rings (SSSR count). The summed E-state index contributed by atoms with van der Waals surface area (Å²) in [5.74, 6) is -1.25. The number of aliphatic carboxylic acids is 1. The van der Waals surface area contributed by atoms with E-state index in [0.717, 1.165) is 17.0 Å². The van der Waals surface area contributed by atoms with Gasteiger partial charge in [0.25, 0.3) is 0 Å². The van der Waals surface area contributed by atoms with Crippen LogP contribution in [0.2, 0.25) is 0 Å². The molecular weight excluding hydrogens is 357 g/mol. The molecule has 0 unspecified atom stereocenters. The molecule has 116 valence electrons. The van der Waals surface area contributed by atoms with Gasteiger partial charge in [0.05, 0.1) is 11.3 Å². The molecule has 0 heterocycles. The first-order valence-electron chi connectivity index (χ1n) is 5.79. The summed E-state index contributed by atoms with van der Waals surface area (Å²) in [4.78, 5) is 23.3. The molecule has 9 heteroatoms. The Balaban J connectivity index is 3.02. The van der Waals surface area contributed by atoms with Gasteiger partial charge in [-0.3, -0.25) is 4.79 Å². The molecule has 0 saturated heterocycles. The number of alkyl halides is 3. The van der Waals surface area contributed by atoms with Crippen molar-refractivity contribution in [2.75, 3.05) is 18.4 Å². The average molecular weight is 369 g/mol. The van der Waals surface area contributed by atoms with Crippen molar-refractivity contribution in [2.45, 2.75) is 13.1 Å². The second kappa shape index (κ2) is 6.79. The third-order valence-electron chi connectivity index (χ3n) is 2.52. The van der Waals surface area contributed by atoms with Crippen LogP contribution < -0.4 is 5.32 Å². The Morgan fingerprint density at radius 1 is 1.38 bits per heavy atom. The highest BCUT2D eigenvalue weighted by molar-refractivity contribution is 9.10. The summed E-state index contributed by atoms with van der Waals surface area (Å²) in [5.41, 5.74) is -1.45. The number of amides is 2. The number of carboxylic acids is 1. The van der Waals surface area contributed by atoms with Crippen LogP contribution in [0.1, 0.15) is 12.5 Å². The molecule has 2 N–H and O–H groups in total. The summed E-state index contributed by atoms with van der Waals surface area (Å²) in [6.45, 7) is 0.977. The van der Waals surface area contributed by atoms with Gasteiger partial charge in [0.15, 0.2) is 0 Å². The van der Waals surface area contributed by atoms with Crippen LogP contribution in [-0.4, -0.2) is 35.1 Å². The Bertz CT molecular complexity index is 549. The molecule has 0 aliphatic carbocycles. The van der Waals surface area contributed by atoms with Gasteiger partial charge < -0.3 is 15.3 Å². The van der Waals surface area contributed by atoms with Crippen molar-refractivity contribution in [1.29, 1.82) is 0 Å². The Morgan fingerprint density at radius 2 is 2.00 bits per heavy atom. The van der Waals surface area contributed by atoms with Gasteiger partial charge in [-0.1, -0.05) is 15.9 Å². The molecule has 0 spiro atoms. The summed E-state index contributed by atoms with van der Waals surface area (Å²) < 4.78 is 38.9. The van der Waals surface area contributed by atoms with Gasteiger partial charge in [-0.25, -0.2) is 4.79 Å². The van der Waals surface area contributed by atoms with E-state index in [0.29, 0.717) is 0 Å². The van der Waals surface area contributed by atoms with E-state index < -0.39 is 36.0 Å². The highest BCUT2D eigenvalue weighted by Gasteiger charge is 2.34. The van der Waals surface area contributed by atoms with Crippen LogP contribution in [0, 0.1) is 0 Å². The zero-order chi connectivity index (χ0) is 16.2. The number of halogens is 4. The van der Waals surface area contributed by atoms with Gasteiger partial charge in [0.1, 0.15) is 6.54 Å². The monoisotopic (exact) mass is 368 g/mol. The van der Waals surface area contributed by atoms with E-state index >= 15 is 0 Å². The second-order valence-electron chi connectivity index (χ2n) is 4.03. The van der Waals surface area contributed by atoms with Gasteiger partial charge in [-0.15, -0.1) is 0 Å². The normalized spacial score (nSPS) is 11.1. The molecule has 0 aromatic heterocycles. The van der Waals surface area contributed by atoms with Crippen LogP contribution in [0.3, 0.4) is 0 Å².